The molecule has 3 aromatic rings. The van der Waals surface area contributed by atoms with Gasteiger partial charge in [0, 0.05) is 35.8 Å². The minimum atomic E-state index is -2.84. The second-order valence-corrected chi connectivity index (χ2v) is 4.49. The molecule has 0 spiro atoms. The van der Waals surface area contributed by atoms with E-state index < -0.39 is 5.92 Å². The van der Waals surface area contributed by atoms with Crippen molar-refractivity contribution in [2.45, 2.75) is 12.8 Å². The molecule has 0 bridgehead atoms. The second kappa shape index (κ2) is 4.16. The summed E-state index contributed by atoms with van der Waals surface area (Å²) in [6.07, 6.45) is 3.32. The van der Waals surface area contributed by atoms with E-state index in [0.29, 0.717) is 16.7 Å². The lowest BCUT2D eigenvalue weighted by molar-refractivity contribution is 0.0176. The highest BCUT2D eigenvalue weighted by molar-refractivity contribution is 5.83. The largest absolute Gasteiger partial charge is 0.456 e. The number of hydrogen-bond donors (Lipinski definition) is 0. The van der Waals surface area contributed by atoms with Gasteiger partial charge in [-0.05, 0) is 36.4 Å². The van der Waals surface area contributed by atoms with Crippen molar-refractivity contribution in [1.29, 1.82) is 0 Å². The lowest BCUT2D eigenvalue weighted by Gasteiger charge is -2.09. The topological polar surface area (TPSA) is 26.0 Å². The summed E-state index contributed by atoms with van der Waals surface area (Å²) in [6.45, 7) is 0.887. The number of benzene rings is 1. The van der Waals surface area contributed by atoms with Crippen molar-refractivity contribution in [3.63, 3.8) is 0 Å². The summed E-state index contributed by atoms with van der Waals surface area (Å²) >= 11 is 0. The second-order valence-electron chi connectivity index (χ2n) is 4.49. The minimum Gasteiger partial charge on any atom is -0.456 e. The molecule has 2 heterocycles. The molecule has 0 amide bonds. The van der Waals surface area contributed by atoms with Gasteiger partial charge in [0.15, 0.2) is 0 Å². The van der Waals surface area contributed by atoms with Gasteiger partial charge in [-0.3, -0.25) is 4.98 Å². The fourth-order valence-corrected chi connectivity index (χ4v) is 1.97. The van der Waals surface area contributed by atoms with E-state index in [1.165, 1.54) is 12.1 Å². The van der Waals surface area contributed by atoms with E-state index in [4.69, 9.17) is 4.42 Å². The zero-order chi connectivity index (χ0) is 13.5. The summed E-state index contributed by atoms with van der Waals surface area (Å²) in [4.78, 5) is 3.93. The molecule has 0 saturated heterocycles. The van der Waals surface area contributed by atoms with Crippen LogP contribution in [-0.2, 0) is 5.92 Å². The first kappa shape index (κ1) is 11.8. The van der Waals surface area contributed by atoms with Crippen LogP contribution in [-0.4, -0.2) is 4.98 Å². The Hall–Kier alpha value is -2.23. The maximum absolute atomic E-state index is 13.3. The summed E-state index contributed by atoms with van der Waals surface area (Å²) in [5.74, 6) is -2.20. The van der Waals surface area contributed by atoms with Crippen LogP contribution in [0.5, 0.6) is 0 Å². The Kier molecular flexibility index (Phi) is 2.59. The van der Waals surface area contributed by atoms with Gasteiger partial charge in [-0.1, -0.05) is 0 Å². The maximum atomic E-state index is 13.3. The van der Waals surface area contributed by atoms with E-state index >= 15 is 0 Å². The molecule has 0 aliphatic carbocycles. The van der Waals surface area contributed by atoms with E-state index in [2.05, 4.69) is 4.98 Å². The number of rotatable bonds is 2. The van der Waals surface area contributed by atoms with Crippen LogP contribution in [0.3, 0.4) is 0 Å². The Balaban J connectivity index is 2.12. The molecular formula is C15H11F2NO. The predicted molar refractivity (Wildman–Crippen MR) is 69.0 cm³/mol. The number of alkyl halides is 2. The maximum Gasteiger partial charge on any atom is 0.270 e. The lowest BCUT2D eigenvalue weighted by Crippen LogP contribution is -2.05. The summed E-state index contributed by atoms with van der Waals surface area (Å²) in [6, 6.07) is 9.82. The summed E-state index contributed by atoms with van der Waals surface area (Å²) in [5, 5.41) is 0.672. The van der Waals surface area contributed by atoms with Gasteiger partial charge in [0.1, 0.15) is 11.3 Å². The van der Waals surface area contributed by atoms with Gasteiger partial charge in [0.25, 0.3) is 5.92 Å². The molecule has 0 atom stereocenters. The first-order valence-corrected chi connectivity index (χ1v) is 5.86. The first-order valence-electron chi connectivity index (χ1n) is 5.86. The molecule has 0 aliphatic rings. The summed E-state index contributed by atoms with van der Waals surface area (Å²) < 4.78 is 32.2. The molecule has 0 fully saturated rings. The van der Waals surface area contributed by atoms with Crippen molar-refractivity contribution in [2.75, 3.05) is 0 Å². The van der Waals surface area contributed by atoms with Crippen molar-refractivity contribution < 1.29 is 13.2 Å². The third-order valence-electron chi connectivity index (χ3n) is 2.99. The Morgan fingerprint density at radius 2 is 1.79 bits per heavy atom. The van der Waals surface area contributed by atoms with Gasteiger partial charge < -0.3 is 4.42 Å². The van der Waals surface area contributed by atoms with Crippen LogP contribution in [0, 0.1) is 0 Å². The molecule has 2 nitrogen and oxygen atoms in total. The van der Waals surface area contributed by atoms with Gasteiger partial charge in [-0.25, -0.2) is 8.78 Å². The van der Waals surface area contributed by atoms with Crippen LogP contribution in [0.15, 0.2) is 53.2 Å². The van der Waals surface area contributed by atoms with E-state index in [1.54, 1.807) is 24.5 Å². The number of fused-ring (bicyclic) bond motifs is 1. The molecule has 1 aromatic carbocycles. The zero-order valence-electron chi connectivity index (χ0n) is 10.2. The minimum absolute atomic E-state index is 0.0120. The smallest absolute Gasteiger partial charge is 0.270 e. The standard InChI is InChI=1S/C15H11F2NO/c1-15(16,17)12-2-3-13-11(8-12)9-14(19-13)10-4-6-18-7-5-10/h2-9H,1H3. The molecule has 3 rings (SSSR count). The Morgan fingerprint density at radius 1 is 1.05 bits per heavy atom. The molecule has 19 heavy (non-hydrogen) atoms. The van der Waals surface area contributed by atoms with Gasteiger partial charge >= 0.3 is 0 Å². The van der Waals surface area contributed by atoms with E-state index in [9.17, 15) is 8.78 Å². The van der Waals surface area contributed by atoms with Crippen molar-refractivity contribution in [3.05, 3.63) is 54.4 Å². The molecule has 0 unspecified atom stereocenters. The lowest BCUT2D eigenvalue weighted by atomic mass is 10.1. The monoisotopic (exact) mass is 259 g/mol. The number of nitrogens with zero attached hydrogens (tertiary/aromatic N) is 1. The third kappa shape index (κ3) is 2.21. The summed E-state index contributed by atoms with van der Waals surface area (Å²) in [5.41, 5.74) is 1.46. The Labute approximate surface area is 108 Å². The number of hydrogen-bond acceptors (Lipinski definition) is 2. The third-order valence-corrected chi connectivity index (χ3v) is 2.99. The number of aromatic nitrogens is 1. The van der Waals surface area contributed by atoms with Crippen LogP contribution >= 0.6 is 0 Å². The predicted octanol–water partition coefficient (Wildman–Crippen LogP) is 4.61. The summed E-state index contributed by atoms with van der Waals surface area (Å²) in [7, 11) is 0. The average molecular weight is 259 g/mol. The Bertz CT molecular complexity index is 714. The molecule has 0 N–H and O–H groups in total. The highest BCUT2D eigenvalue weighted by Gasteiger charge is 2.24. The molecule has 0 radical (unpaired) electrons. The number of pyridine rings is 1. The van der Waals surface area contributed by atoms with Gasteiger partial charge in [-0.2, -0.15) is 0 Å². The van der Waals surface area contributed by atoms with E-state index in [0.717, 1.165) is 12.5 Å². The highest BCUT2D eigenvalue weighted by Crippen LogP contribution is 2.33. The Morgan fingerprint density at radius 3 is 2.47 bits per heavy atom. The number of furan rings is 1. The van der Waals surface area contributed by atoms with Gasteiger partial charge in [-0.15, -0.1) is 0 Å². The first-order chi connectivity index (χ1) is 9.04. The van der Waals surface area contributed by atoms with Crippen LogP contribution in [0.4, 0.5) is 8.78 Å². The van der Waals surface area contributed by atoms with Crippen molar-refractivity contribution in [2.24, 2.45) is 0 Å². The SMILES string of the molecule is CC(F)(F)c1ccc2oc(-c3ccncc3)cc2c1. The van der Waals surface area contributed by atoms with Crippen LogP contribution in [0.2, 0.25) is 0 Å². The molecule has 0 saturated carbocycles. The van der Waals surface area contributed by atoms with Crippen LogP contribution in [0.1, 0.15) is 12.5 Å². The average Bonchev–Trinajstić information content (AvgIpc) is 2.81. The van der Waals surface area contributed by atoms with Crippen LogP contribution in [0.25, 0.3) is 22.3 Å². The normalized spacial score (nSPS) is 11.9. The molecule has 4 heteroatoms. The van der Waals surface area contributed by atoms with Crippen molar-refractivity contribution in [3.8, 4) is 11.3 Å². The van der Waals surface area contributed by atoms with Gasteiger partial charge in [0.05, 0.1) is 0 Å². The van der Waals surface area contributed by atoms with Gasteiger partial charge in [0.2, 0.25) is 0 Å². The highest BCUT2D eigenvalue weighted by atomic mass is 19.3. The molecule has 0 aliphatic heterocycles. The molecule has 2 aromatic heterocycles. The molecule has 96 valence electrons. The quantitative estimate of drug-likeness (QED) is 0.671. The van der Waals surface area contributed by atoms with Crippen LogP contribution < -0.4 is 0 Å². The fourth-order valence-electron chi connectivity index (χ4n) is 1.97. The van der Waals surface area contributed by atoms with Crippen molar-refractivity contribution in [1.82, 2.24) is 4.98 Å². The fraction of sp³-hybridized carbons (Fsp3) is 0.133. The van der Waals surface area contributed by atoms with E-state index in [-0.39, 0.29) is 5.56 Å². The van der Waals surface area contributed by atoms with Crippen molar-refractivity contribution >= 4 is 11.0 Å². The van der Waals surface area contributed by atoms with E-state index in [1.807, 2.05) is 12.1 Å². The zero-order valence-corrected chi connectivity index (χ0v) is 10.2. The molecular weight excluding hydrogens is 248 g/mol. The number of halogens is 2.